The molecule has 202 valence electrons. The maximum atomic E-state index is 9.31. The number of benzene rings is 5. The van der Waals surface area contributed by atoms with Crippen LogP contribution in [0.25, 0.3) is 59.5 Å². The second-order valence-electron chi connectivity index (χ2n) is 11.9. The molecule has 5 aromatic carbocycles. The third-order valence-corrected chi connectivity index (χ3v) is 10.5. The summed E-state index contributed by atoms with van der Waals surface area (Å²) in [6, 6.07) is 41.7. The first-order chi connectivity index (χ1) is 21.0. The maximum absolute atomic E-state index is 9.31. The highest BCUT2D eigenvalue weighted by Crippen LogP contribution is 2.49. The first-order valence-corrected chi connectivity index (χ1v) is 15.4. The molecule has 2 aliphatic rings. The molecule has 4 heteroatoms. The van der Waals surface area contributed by atoms with Gasteiger partial charge < -0.3 is 4.57 Å². The first kappa shape index (κ1) is 24.4. The van der Waals surface area contributed by atoms with Crippen LogP contribution in [0.3, 0.4) is 0 Å². The minimum Gasteiger partial charge on any atom is -0.309 e. The molecule has 2 aromatic heterocycles. The average Bonchev–Trinajstić information content (AvgIpc) is 3.74. The van der Waals surface area contributed by atoms with Crippen LogP contribution in [0.2, 0.25) is 0 Å². The molecule has 0 N–H and O–H groups in total. The highest BCUT2D eigenvalue weighted by molar-refractivity contribution is 7.18. The molecule has 3 heterocycles. The smallest absolute Gasteiger partial charge is 0.206 e. The van der Waals surface area contributed by atoms with Crippen LogP contribution in [0.1, 0.15) is 36.1 Å². The molecule has 0 atom stereocenters. The van der Waals surface area contributed by atoms with Crippen LogP contribution in [0.4, 0.5) is 0 Å². The number of hydrogen-bond acceptors (Lipinski definition) is 3. The third kappa shape index (κ3) is 3.26. The topological polar surface area (TPSA) is 41.1 Å². The third-order valence-electron chi connectivity index (χ3n) is 9.36. The molecule has 0 bridgehead atoms. The Balaban J connectivity index is 1.16. The molecule has 7 aromatic rings. The Bertz CT molecular complexity index is 2390. The number of fused-ring (bicyclic) bond motifs is 8. The first-order valence-electron chi connectivity index (χ1n) is 14.5. The summed E-state index contributed by atoms with van der Waals surface area (Å²) in [7, 11) is 0. The zero-order valence-corrected chi connectivity index (χ0v) is 24.5. The summed E-state index contributed by atoms with van der Waals surface area (Å²) in [5.74, 6) is 0. The van der Waals surface area contributed by atoms with Gasteiger partial charge in [-0.05, 0) is 69.8 Å². The van der Waals surface area contributed by atoms with E-state index in [4.69, 9.17) is 0 Å². The van der Waals surface area contributed by atoms with Crippen LogP contribution in [-0.4, -0.2) is 10.3 Å². The Kier molecular flexibility index (Phi) is 4.90. The molecule has 1 aliphatic heterocycles. The van der Waals surface area contributed by atoms with Crippen molar-refractivity contribution in [1.29, 1.82) is 5.26 Å². The van der Waals surface area contributed by atoms with E-state index in [1.54, 1.807) is 0 Å². The van der Waals surface area contributed by atoms with Crippen LogP contribution < -0.4 is 0 Å². The number of aliphatic imine (C=N–C) groups is 1. The Morgan fingerprint density at radius 2 is 1.35 bits per heavy atom. The fourth-order valence-electron chi connectivity index (χ4n) is 7.32. The Morgan fingerprint density at radius 3 is 2.19 bits per heavy atom. The molecule has 3 nitrogen and oxygen atoms in total. The van der Waals surface area contributed by atoms with Crippen molar-refractivity contribution in [3.63, 3.8) is 0 Å². The van der Waals surface area contributed by atoms with Gasteiger partial charge in [-0.25, -0.2) is 0 Å². The fourth-order valence-corrected chi connectivity index (χ4v) is 8.32. The van der Waals surface area contributed by atoms with Gasteiger partial charge in [-0.15, -0.1) is 11.3 Å². The molecule has 0 amide bonds. The van der Waals surface area contributed by atoms with Crippen LogP contribution in [0, 0.1) is 11.5 Å². The summed E-state index contributed by atoms with van der Waals surface area (Å²) in [6.45, 7) is 4.72. The Hall–Kier alpha value is -5.24. The highest BCUT2D eigenvalue weighted by atomic mass is 32.1. The van der Waals surface area contributed by atoms with Crippen molar-refractivity contribution >= 4 is 38.9 Å². The number of rotatable bonds is 2. The number of nitriles is 1. The quantitative estimate of drug-likeness (QED) is 0.192. The largest absolute Gasteiger partial charge is 0.309 e. The second kappa shape index (κ2) is 8.64. The van der Waals surface area contributed by atoms with Crippen molar-refractivity contribution in [2.45, 2.75) is 19.3 Å². The molecule has 0 spiro atoms. The minimum atomic E-state index is -0.134. The number of para-hydroxylation sites is 2. The zero-order valence-electron chi connectivity index (χ0n) is 23.7. The summed E-state index contributed by atoms with van der Waals surface area (Å²) in [6.07, 6.45) is 1.99. The lowest BCUT2D eigenvalue weighted by Gasteiger charge is -2.35. The maximum Gasteiger partial charge on any atom is 0.206 e. The van der Waals surface area contributed by atoms with Crippen molar-refractivity contribution < 1.29 is 0 Å². The van der Waals surface area contributed by atoms with E-state index in [1.807, 2.05) is 35.7 Å². The standard InChI is InChI=1S/C39H25N3S/c1-39(2)31-12-7-11-29-26-9-5-6-13-33(26)42(38(29)31)34-17-15-24(21-32(34)39)36-19-18-35(43-36)23-14-16-28-30(20-23)25-8-3-4-10-27(25)37(28)41-22-40/h3-21H,1-2H3. The second-order valence-corrected chi connectivity index (χ2v) is 13.0. The van der Waals surface area contributed by atoms with Gasteiger partial charge in [0.1, 0.15) is 0 Å². The van der Waals surface area contributed by atoms with E-state index in [9.17, 15) is 5.26 Å². The van der Waals surface area contributed by atoms with Gasteiger partial charge >= 0.3 is 0 Å². The Labute approximate surface area is 253 Å². The van der Waals surface area contributed by atoms with Gasteiger partial charge in [0, 0.05) is 37.1 Å². The average molecular weight is 568 g/mol. The Morgan fingerprint density at radius 1 is 0.651 bits per heavy atom. The molecule has 43 heavy (non-hydrogen) atoms. The van der Waals surface area contributed by atoms with Gasteiger partial charge in [0.15, 0.2) is 0 Å². The molecular formula is C39H25N3S. The van der Waals surface area contributed by atoms with Crippen molar-refractivity contribution in [1.82, 2.24) is 4.57 Å². The highest BCUT2D eigenvalue weighted by Gasteiger charge is 2.35. The van der Waals surface area contributed by atoms with E-state index < -0.39 is 0 Å². The predicted octanol–water partition coefficient (Wildman–Crippen LogP) is 10.1. The van der Waals surface area contributed by atoms with Crippen molar-refractivity contribution in [2.24, 2.45) is 4.99 Å². The van der Waals surface area contributed by atoms with Crippen LogP contribution >= 0.6 is 11.3 Å². The van der Waals surface area contributed by atoms with Gasteiger partial charge in [0.25, 0.3) is 0 Å². The molecule has 1 aliphatic carbocycles. The summed E-state index contributed by atoms with van der Waals surface area (Å²) >= 11 is 1.82. The molecule has 0 saturated carbocycles. The van der Waals surface area contributed by atoms with Gasteiger partial charge in [-0.1, -0.05) is 92.7 Å². The van der Waals surface area contributed by atoms with E-state index in [2.05, 4.69) is 120 Å². The lowest BCUT2D eigenvalue weighted by Crippen LogP contribution is -2.26. The molecule has 9 rings (SSSR count). The van der Waals surface area contributed by atoms with E-state index >= 15 is 0 Å². The summed E-state index contributed by atoms with van der Waals surface area (Å²) in [4.78, 5) is 6.64. The number of thiophene rings is 1. The van der Waals surface area contributed by atoms with E-state index in [1.165, 1.54) is 59.5 Å². The van der Waals surface area contributed by atoms with Gasteiger partial charge in [-0.3, -0.25) is 0 Å². The number of aromatic nitrogens is 1. The molecule has 0 fully saturated rings. The lowest BCUT2D eigenvalue weighted by atomic mass is 9.74. The van der Waals surface area contributed by atoms with E-state index in [0.29, 0.717) is 0 Å². The van der Waals surface area contributed by atoms with Gasteiger partial charge in [-0.2, -0.15) is 10.3 Å². The van der Waals surface area contributed by atoms with Gasteiger partial charge in [0.2, 0.25) is 6.19 Å². The lowest BCUT2D eigenvalue weighted by molar-refractivity contribution is 0.630. The van der Waals surface area contributed by atoms with Crippen molar-refractivity contribution in [2.75, 3.05) is 0 Å². The van der Waals surface area contributed by atoms with E-state index in [-0.39, 0.29) is 5.41 Å². The monoisotopic (exact) mass is 567 g/mol. The zero-order chi connectivity index (χ0) is 28.9. The molecule has 0 saturated heterocycles. The molecular weight excluding hydrogens is 543 g/mol. The predicted molar refractivity (Wildman–Crippen MR) is 178 cm³/mol. The number of hydrogen-bond donors (Lipinski definition) is 0. The normalized spacial score (nSPS) is 15.0. The van der Waals surface area contributed by atoms with Crippen LogP contribution in [0.15, 0.2) is 120 Å². The van der Waals surface area contributed by atoms with Crippen molar-refractivity contribution in [3.8, 4) is 43.9 Å². The molecule has 0 unspecified atom stereocenters. The van der Waals surface area contributed by atoms with Crippen molar-refractivity contribution in [3.05, 3.63) is 138 Å². The SMILES string of the molecule is CC1(C)c2cc(-c3ccc(-c4ccc5c(c4)-c4ccccc4C5=NC#N)s3)ccc2-n2c3ccccc3c3cccc1c32. The molecule has 0 radical (unpaired) electrons. The minimum absolute atomic E-state index is 0.134. The van der Waals surface area contributed by atoms with E-state index in [0.717, 1.165) is 28.0 Å². The summed E-state index contributed by atoms with van der Waals surface area (Å²) in [5.41, 5.74) is 13.9. The van der Waals surface area contributed by atoms with Crippen LogP contribution in [0.5, 0.6) is 0 Å². The number of nitrogens with zero attached hydrogens (tertiary/aromatic N) is 3. The fraction of sp³-hybridized carbons (Fsp3) is 0.0769. The van der Waals surface area contributed by atoms with Crippen LogP contribution in [-0.2, 0) is 5.41 Å². The summed E-state index contributed by atoms with van der Waals surface area (Å²) < 4.78 is 2.47. The summed E-state index contributed by atoms with van der Waals surface area (Å²) in [5, 5.41) is 11.9. The van der Waals surface area contributed by atoms with Gasteiger partial charge in [0.05, 0.1) is 22.4 Å².